The van der Waals surface area contributed by atoms with Gasteiger partial charge in [-0.25, -0.2) is 22.7 Å². The number of aliphatic imine (C=N–C) groups is 1. The van der Waals surface area contributed by atoms with Gasteiger partial charge in [-0.2, -0.15) is 16.8 Å². The number of methoxy groups -OCH3 is 7. The van der Waals surface area contributed by atoms with Crippen molar-refractivity contribution in [1.82, 2.24) is 14.5 Å². The first-order valence-corrected chi connectivity index (χ1v) is 42.4. The van der Waals surface area contributed by atoms with E-state index in [1.807, 2.05) is 103 Å². The Morgan fingerprint density at radius 2 is 0.725 bits per heavy atom. The van der Waals surface area contributed by atoms with Gasteiger partial charge in [-0.1, -0.05) is 131 Å². The second-order valence-electron chi connectivity index (χ2n) is 29.0. The first-order chi connectivity index (χ1) is 54.0. The van der Waals surface area contributed by atoms with E-state index in [9.17, 15) is 64.0 Å². The Morgan fingerprint density at radius 3 is 0.800 bits per heavy atom. The largest absolute Gasteiger partial charge is 0.633 e. The monoisotopic (exact) mass is 1790 g/mol. The van der Waals surface area contributed by atoms with E-state index in [1.54, 1.807) is 133 Å². The number of nitrogens with two attached hydrogens (primary N) is 1. The van der Waals surface area contributed by atoms with Crippen LogP contribution in [0.25, 0.3) is 0 Å². The number of rotatable bonds is 12. The van der Waals surface area contributed by atoms with Gasteiger partial charge in [-0.15, -0.1) is 0 Å². The van der Waals surface area contributed by atoms with Crippen molar-refractivity contribution in [2.45, 2.75) is 183 Å². The molecule has 0 heterocycles. The molecule has 0 aliphatic rings. The topological polar surface area (TPSA) is 414 Å². The summed E-state index contributed by atoms with van der Waals surface area (Å²) in [6, 6.07) is 27.5. The Labute approximate surface area is 733 Å². The van der Waals surface area contributed by atoms with Crippen molar-refractivity contribution in [3.63, 3.8) is 0 Å². The van der Waals surface area contributed by atoms with Gasteiger partial charge in [0.05, 0.1) is 117 Å². The molecule has 3 rings (SSSR count). The molecular formula is C85H178N7O25S3+. The van der Waals surface area contributed by atoms with E-state index in [1.165, 1.54) is 106 Å². The highest BCUT2D eigenvalue weighted by Crippen LogP contribution is 2.05. The molecule has 32 nitrogen and oxygen atoms in total. The summed E-state index contributed by atoms with van der Waals surface area (Å²) in [6.45, 7) is 43.3. The maximum atomic E-state index is 10.8. The number of esters is 2. The van der Waals surface area contributed by atoms with Gasteiger partial charge >= 0.3 is 28.5 Å². The zero-order valence-corrected chi connectivity index (χ0v) is 86.6. The van der Waals surface area contributed by atoms with Gasteiger partial charge in [0.25, 0.3) is 10.1 Å². The van der Waals surface area contributed by atoms with Gasteiger partial charge in [-0.3, -0.25) is 36.7 Å². The first-order valence-electron chi connectivity index (χ1n) is 37.4. The summed E-state index contributed by atoms with van der Waals surface area (Å²) in [5.74, 6) is 0.593. The number of quaternary nitrogens is 2. The number of carbonyl (C=O) groups excluding carboxylic acids is 7. The number of amides is 1. The van der Waals surface area contributed by atoms with Gasteiger partial charge in [-0.05, 0) is 163 Å². The highest BCUT2D eigenvalue weighted by Gasteiger charge is 2.03. The normalized spacial score (nSPS) is 9.22. The number of ketones is 3. The molecule has 0 unspecified atom stereocenters. The first kappa shape index (κ1) is 157. The molecule has 0 radical (unpaired) electrons. The number of hydrogen-bond donors (Lipinski definition) is 3. The van der Waals surface area contributed by atoms with Gasteiger partial charge in [0.1, 0.15) is 5.78 Å². The smallest absolute Gasteiger partial charge is 0.507 e. The maximum absolute atomic E-state index is 10.8. The van der Waals surface area contributed by atoms with Crippen molar-refractivity contribution in [2.75, 3.05) is 203 Å². The molecule has 3 aromatic rings. The van der Waals surface area contributed by atoms with E-state index >= 15 is 0 Å². The van der Waals surface area contributed by atoms with E-state index in [0.29, 0.717) is 16.7 Å². The van der Waals surface area contributed by atoms with Crippen LogP contribution in [0, 0.1) is 11.1 Å². The summed E-state index contributed by atoms with van der Waals surface area (Å²) < 4.78 is 104. The van der Waals surface area contributed by atoms with Crippen LogP contribution >= 0.6 is 0 Å². The summed E-state index contributed by atoms with van der Waals surface area (Å²) in [7, 11) is 31.2. The van der Waals surface area contributed by atoms with E-state index in [-0.39, 0.29) is 51.5 Å². The van der Waals surface area contributed by atoms with Crippen molar-refractivity contribution in [3.8, 4) is 0 Å². The third-order valence-electron chi connectivity index (χ3n) is 8.45. The zero-order valence-electron chi connectivity index (χ0n) is 84.1. The number of ether oxygens (including phenoxy) is 7. The van der Waals surface area contributed by atoms with Crippen molar-refractivity contribution in [3.05, 3.63) is 124 Å². The second kappa shape index (κ2) is 110. The minimum atomic E-state index is -3.66. The molecule has 4 N–H and O–H groups in total. The number of benzene rings is 3. The SMILES string of the molecule is CC(=O)N(C)C.CC(=O)c1ccc(C(C)=O)cc1.CC(C)(C)N.CC(C)=C(C)C.CC(C)=O.CC(C)C.CC(C)O.CCCCOC.CCCOC.CN(C)C.CN=C(C)C.CNS(C)(=O)=O.COC.COC(=O)OC.COC(=O)c1ccccc1.COC(C)=O.COS(=O)(=O)OC.COS(C)(=O)=O.C[N+](C)(C)C.C[N+](C)(C)[O-].c1ccccc1. The van der Waals surface area contributed by atoms with Crippen molar-refractivity contribution in [1.29, 1.82) is 0 Å². The summed E-state index contributed by atoms with van der Waals surface area (Å²) in [6.07, 6.45) is 4.82. The molecule has 0 saturated carbocycles. The third kappa shape index (κ3) is 328. The number of Topliss-reactive ketones (excluding diaryl/α,β-unsaturated/α-hetero) is 3. The molecule has 1 amide bonds. The number of hydrogen-bond acceptors (Lipinski definition) is 28. The minimum absolute atomic E-state index is 0. The average Bonchev–Trinajstić information content (AvgIpc) is 0.887. The fourth-order valence-electron chi connectivity index (χ4n) is 2.66. The van der Waals surface area contributed by atoms with E-state index < -0.39 is 36.7 Å². The number of unbranched alkanes of at least 4 members (excludes halogenated alkanes) is 1. The molecule has 3 aromatic carbocycles. The molecule has 0 bridgehead atoms. The number of aliphatic hydroxyl groups is 1. The van der Waals surface area contributed by atoms with Crippen LogP contribution in [-0.4, -0.2) is 311 Å². The number of carbonyl (C=O) groups is 7. The molecule has 0 fully saturated rings. The van der Waals surface area contributed by atoms with Crippen LogP contribution in [0.5, 0.6) is 0 Å². The standard InChI is InChI=1S/C10H10O2.C8H8O2.C6H6.C6H12.C5H12O.C4H9NO.C4H12N.C4H9N.C4H11N.C4H10O.C4H10.C3H9NO.C3H9N.C3H6O3.C3H6O2.C3H8O.C3H6O.C2H7NO2S.C2H6O4S.C2H6O3S.C2H6O/c1-7(11)9-3-5-10(6-4-9)8(2)12;1-10-8(9)7-5-3-2-4-6-7;1-2-4-6-5-3-1;1-5(2)6(3)4;1-3-4-5-6-2;1-4(6)5(2)3;1-5(2,3)4;1-4(2)5-3;1-4(2,3)5;1-3-4-5-2;1-4(2)3;1-4(2,3)5;1-4(2)3;1-5-3(4)6-2;1-3(4)5-2;2*1-3(2)4;1-3-6(2,4)5;1-5-7(3,4)6-2;1-5-6(2,3)4;1-3-2/h3-6H,1-2H3;2-6H,1H3;1-6H;1-4H3;3-5H2,1-2H3;1-3H3;1-4H3;1-3H3;5H2,1-3H3;3-4H2,1-2H3;4H,1-3H3;1-3H3;1-3H3;1-2H3;1-2H3;3-4H,1-2H3;1-2H3;3H,1-2H3;1-2H3;1-2H3;1-2H3/q;;;;;;+1;;;;;;;;;;;;;;. The highest BCUT2D eigenvalue weighted by atomic mass is 32.3. The molecular weight excluding hydrogens is 1620 g/mol. The molecule has 120 heavy (non-hydrogen) atoms. The lowest BCUT2D eigenvalue weighted by atomic mass is 10.1. The lowest BCUT2D eigenvalue weighted by Crippen LogP contribution is -2.27. The maximum Gasteiger partial charge on any atom is 0.507 e. The number of nitrogens with one attached hydrogen (secondary N) is 1. The summed E-state index contributed by atoms with van der Waals surface area (Å²) >= 11 is 0. The Kier molecular flexibility index (Phi) is 144. The fourth-order valence-corrected chi connectivity index (χ4v) is 2.80. The van der Waals surface area contributed by atoms with Gasteiger partial charge < -0.3 is 72.9 Å². The molecule has 0 aliphatic heterocycles. The Morgan fingerprint density at radius 1 is 0.517 bits per heavy atom. The average molecular weight is 1790 g/mol. The van der Waals surface area contributed by atoms with Crippen LogP contribution in [-0.2, 0) is 90.6 Å². The Bertz CT molecular complexity index is 2900. The third-order valence-corrected chi connectivity index (χ3v) is 10.6. The Balaban J connectivity index is -0.0000000574. The number of aliphatic hydroxyl groups excluding tert-OH is 1. The van der Waals surface area contributed by atoms with Crippen LogP contribution in [0.2, 0.25) is 0 Å². The molecule has 0 atom stereocenters. The quantitative estimate of drug-likeness (QED) is 0.0174. The number of sulfonamides is 1. The molecule has 35 heteroatoms. The molecule has 0 aliphatic carbocycles. The summed E-state index contributed by atoms with van der Waals surface area (Å²) in [5, 5.41) is 18.1. The summed E-state index contributed by atoms with van der Waals surface area (Å²) in [5.41, 5.74) is 11.2. The fraction of sp³-hybridized carbons (Fsp3) is 0.671. The number of nitrogens with zero attached hydrogens (tertiary/aromatic N) is 5. The van der Waals surface area contributed by atoms with Crippen molar-refractivity contribution in [2.24, 2.45) is 16.6 Å². The van der Waals surface area contributed by atoms with E-state index in [2.05, 4.69) is 136 Å². The van der Waals surface area contributed by atoms with Gasteiger partial charge in [0.2, 0.25) is 15.9 Å². The summed E-state index contributed by atoms with van der Waals surface area (Å²) in [4.78, 5) is 78.6. The van der Waals surface area contributed by atoms with Gasteiger partial charge in [0.15, 0.2) is 11.6 Å². The lowest BCUT2D eigenvalue weighted by molar-refractivity contribution is -0.849. The number of hydroxylamine groups is 3. The van der Waals surface area contributed by atoms with Crippen LogP contribution < -0.4 is 10.5 Å². The minimum Gasteiger partial charge on any atom is -0.633 e. The highest BCUT2D eigenvalue weighted by molar-refractivity contribution is 7.88. The Hall–Kier alpha value is -6.91. The predicted molar refractivity (Wildman–Crippen MR) is 500 cm³/mol. The molecule has 720 valence electrons. The zero-order chi connectivity index (χ0) is 100. The van der Waals surface area contributed by atoms with Crippen LogP contribution in [0.1, 0.15) is 203 Å². The molecule has 0 spiro atoms. The van der Waals surface area contributed by atoms with Crippen LogP contribution in [0.15, 0.2) is 107 Å². The van der Waals surface area contributed by atoms with Crippen molar-refractivity contribution < 1.29 is 119 Å². The lowest BCUT2D eigenvalue weighted by Gasteiger charge is -2.27. The van der Waals surface area contributed by atoms with Crippen LogP contribution in [0.4, 0.5) is 4.79 Å². The predicted octanol–water partition coefficient (Wildman–Crippen LogP) is 14.5. The molecule has 0 aromatic heterocycles. The van der Waals surface area contributed by atoms with Crippen molar-refractivity contribution >= 4 is 77.6 Å². The van der Waals surface area contributed by atoms with E-state index in [4.69, 9.17) is 20.3 Å². The molecule has 0 saturated heterocycles. The second-order valence-corrected chi connectivity index (χ2v) is 34.2. The van der Waals surface area contributed by atoms with Crippen LogP contribution in [0.3, 0.4) is 0 Å². The van der Waals surface area contributed by atoms with Gasteiger partial charge in [0, 0.05) is 105 Å². The van der Waals surface area contributed by atoms with E-state index in [0.717, 1.165) is 69.6 Å². The number of allylic oxidation sites excluding steroid dienone is 2.